The fourth-order valence-corrected chi connectivity index (χ4v) is 6.62. The largest absolute Gasteiger partial charge is 0.396 e. The Morgan fingerprint density at radius 2 is 1.79 bits per heavy atom. The van der Waals surface area contributed by atoms with Crippen molar-refractivity contribution < 1.29 is 14.6 Å². The Balaban J connectivity index is 1.85. The molecule has 0 aromatic heterocycles. The first-order chi connectivity index (χ1) is 11.3. The summed E-state index contributed by atoms with van der Waals surface area (Å²) in [5, 5.41) is 9.80. The van der Waals surface area contributed by atoms with Crippen molar-refractivity contribution in [3.8, 4) is 0 Å². The van der Waals surface area contributed by atoms with Crippen LogP contribution in [0.1, 0.15) is 85.5 Å². The van der Waals surface area contributed by atoms with Crippen LogP contribution in [0.5, 0.6) is 0 Å². The van der Waals surface area contributed by atoms with Crippen molar-refractivity contribution in [1.82, 2.24) is 0 Å². The molecule has 0 spiro atoms. The average molecular weight is 339 g/mol. The molecule has 1 heterocycles. The summed E-state index contributed by atoms with van der Waals surface area (Å²) in [6.07, 6.45) is 10.5. The molecule has 0 aromatic carbocycles. The number of hydrogen-bond acceptors (Lipinski definition) is 3. The molecule has 0 radical (unpaired) electrons. The molecule has 1 aliphatic heterocycles. The predicted octanol–water partition coefficient (Wildman–Crippen LogP) is 4.91. The lowest BCUT2D eigenvalue weighted by Crippen LogP contribution is -2.59. The molecule has 3 nitrogen and oxygen atoms in total. The van der Waals surface area contributed by atoms with E-state index in [1.165, 1.54) is 32.1 Å². The first-order valence-electron chi connectivity index (χ1n) is 10.2. The van der Waals surface area contributed by atoms with Crippen LogP contribution in [0.15, 0.2) is 0 Å². The van der Waals surface area contributed by atoms with E-state index < -0.39 is 0 Å². The average Bonchev–Trinajstić information content (AvgIpc) is 2.51. The van der Waals surface area contributed by atoms with Crippen molar-refractivity contribution in [1.29, 1.82) is 0 Å². The van der Waals surface area contributed by atoms with Gasteiger partial charge < -0.3 is 14.6 Å². The molecule has 1 saturated heterocycles. The van der Waals surface area contributed by atoms with Crippen molar-refractivity contribution in [2.24, 2.45) is 22.7 Å². The van der Waals surface area contributed by atoms with Gasteiger partial charge in [-0.3, -0.25) is 0 Å². The van der Waals surface area contributed by atoms with Crippen molar-refractivity contribution in [2.75, 3.05) is 13.2 Å². The molecule has 0 amide bonds. The number of fused-ring (bicyclic) bond motifs is 1. The first-order valence-corrected chi connectivity index (χ1v) is 10.2. The van der Waals surface area contributed by atoms with Crippen LogP contribution >= 0.6 is 0 Å². The molecule has 2 aliphatic carbocycles. The molecule has 0 aromatic rings. The van der Waals surface area contributed by atoms with Gasteiger partial charge in [0, 0.05) is 13.2 Å². The number of aliphatic hydroxyl groups is 1. The molecule has 3 heteroatoms. The molecule has 3 rings (SSSR count). The second-order valence-corrected chi connectivity index (χ2v) is 9.73. The molecule has 3 fully saturated rings. The Kier molecular flexibility index (Phi) is 5.36. The van der Waals surface area contributed by atoms with Gasteiger partial charge in [-0.15, -0.1) is 0 Å². The van der Waals surface area contributed by atoms with Gasteiger partial charge in [0.15, 0.2) is 6.29 Å². The van der Waals surface area contributed by atoms with E-state index in [-0.39, 0.29) is 23.9 Å². The smallest absolute Gasteiger partial charge is 0.158 e. The zero-order valence-corrected chi connectivity index (χ0v) is 16.3. The Labute approximate surface area is 148 Å². The third-order valence-corrected chi connectivity index (χ3v) is 7.69. The molecule has 5 atom stereocenters. The topological polar surface area (TPSA) is 38.7 Å². The zero-order chi connectivity index (χ0) is 17.4. The van der Waals surface area contributed by atoms with E-state index in [2.05, 4.69) is 27.7 Å². The minimum atomic E-state index is -0.163. The van der Waals surface area contributed by atoms with Gasteiger partial charge in [0.2, 0.25) is 0 Å². The SMILES string of the molecule is CC1(C)CCC[C@@]2(C)C1CC[C@@](C)(OC1CCCCO1)[C@@H]2CCO. The highest BCUT2D eigenvalue weighted by Gasteiger charge is 2.58. The normalized spacial score (nSPS) is 45.6. The quantitative estimate of drug-likeness (QED) is 0.740. The van der Waals surface area contributed by atoms with Gasteiger partial charge in [-0.05, 0) is 81.0 Å². The Morgan fingerprint density at radius 1 is 1.00 bits per heavy atom. The second kappa shape index (κ2) is 6.89. The third-order valence-electron chi connectivity index (χ3n) is 7.69. The van der Waals surface area contributed by atoms with Gasteiger partial charge in [0.1, 0.15) is 0 Å². The standard InChI is InChI=1S/C21H38O3/c1-19(2)11-7-12-20(3)16(19)9-13-21(4,17(20)10-14-22)24-18-8-5-6-15-23-18/h16-18,22H,5-15H2,1-4H3/t16?,17-,18?,20+,21-/m1/s1. The molecule has 0 bridgehead atoms. The molecule has 2 unspecified atom stereocenters. The van der Waals surface area contributed by atoms with E-state index >= 15 is 0 Å². The first kappa shape index (κ1) is 18.7. The van der Waals surface area contributed by atoms with Crippen molar-refractivity contribution in [2.45, 2.75) is 97.4 Å². The lowest BCUT2D eigenvalue weighted by molar-refractivity contribution is -0.273. The van der Waals surface area contributed by atoms with Crippen LogP contribution in [0.2, 0.25) is 0 Å². The molecular formula is C21H38O3. The zero-order valence-electron chi connectivity index (χ0n) is 16.3. The van der Waals surface area contributed by atoms with Crippen LogP contribution in [-0.4, -0.2) is 30.2 Å². The summed E-state index contributed by atoms with van der Waals surface area (Å²) in [7, 11) is 0. The maximum atomic E-state index is 9.80. The summed E-state index contributed by atoms with van der Waals surface area (Å²) >= 11 is 0. The molecule has 3 aliphatic rings. The highest BCUT2D eigenvalue weighted by atomic mass is 16.7. The number of ether oxygens (including phenoxy) is 2. The number of rotatable bonds is 4. The number of aliphatic hydroxyl groups excluding tert-OH is 1. The second-order valence-electron chi connectivity index (χ2n) is 9.73. The summed E-state index contributed by atoms with van der Waals surface area (Å²) in [5.74, 6) is 1.15. The van der Waals surface area contributed by atoms with Crippen molar-refractivity contribution in [3.63, 3.8) is 0 Å². The van der Waals surface area contributed by atoms with E-state index in [9.17, 15) is 5.11 Å². The Bertz CT molecular complexity index is 429. The Morgan fingerprint density at radius 3 is 2.46 bits per heavy atom. The van der Waals surface area contributed by atoms with Crippen molar-refractivity contribution in [3.05, 3.63) is 0 Å². The van der Waals surface area contributed by atoms with Crippen LogP contribution < -0.4 is 0 Å². The van der Waals surface area contributed by atoms with Gasteiger partial charge in [-0.25, -0.2) is 0 Å². The van der Waals surface area contributed by atoms with Gasteiger partial charge >= 0.3 is 0 Å². The molecule has 140 valence electrons. The van der Waals surface area contributed by atoms with Gasteiger partial charge in [0.05, 0.1) is 5.60 Å². The predicted molar refractivity (Wildman–Crippen MR) is 96.7 cm³/mol. The Hall–Kier alpha value is -0.120. The summed E-state index contributed by atoms with van der Waals surface area (Å²) in [5.41, 5.74) is 0.513. The molecule has 24 heavy (non-hydrogen) atoms. The van der Waals surface area contributed by atoms with E-state index in [4.69, 9.17) is 9.47 Å². The highest BCUT2D eigenvalue weighted by molar-refractivity contribution is 5.08. The van der Waals surface area contributed by atoms with Gasteiger partial charge in [-0.1, -0.05) is 27.2 Å². The maximum Gasteiger partial charge on any atom is 0.158 e. The van der Waals surface area contributed by atoms with E-state index in [0.717, 1.165) is 38.2 Å². The van der Waals surface area contributed by atoms with Crippen LogP contribution in [0.4, 0.5) is 0 Å². The summed E-state index contributed by atoms with van der Waals surface area (Å²) < 4.78 is 12.5. The van der Waals surface area contributed by atoms with Crippen LogP contribution in [0, 0.1) is 22.7 Å². The molecule has 2 saturated carbocycles. The summed E-state index contributed by atoms with van der Waals surface area (Å²) in [4.78, 5) is 0. The molecular weight excluding hydrogens is 300 g/mol. The number of hydrogen-bond donors (Lipinski definition) is 1. The van der Waals surface area contributed by atoms with E-state index in [1.807, 2.05) is 0 Å². The molecule has 1 N–H and O–H groups in total. The minimum Gasteiger partial charge on any atom is -0.396 e. The highest BCUT2D eigenvalue weighted by Crippen LogP contribution is 2.63. The van der Waals surface area contributed by atoms with Crippen LogP contribution in [0.25, 0.3) is 0 Å². The fraction of sp³-hybridized carbons (Fsp3) is 1.00. The lowest BCUT2D eigenvalue weighted by Gasteiger charge is -2.62. The van der Waals surface area contributed by atoms with Crippen LogP contribution in [0.3, 0.4) is 0 Å². The summed E-state index contributed by atoms with van der Waals surface area (Å²) in [6, 6.07) is 0. The third kappa shape index (κ3) is 3.29. The lowest BCUT2D eigenvalue weighted by atomic mass is 9.45. The van der Waals surface area contributed by atoms with E-state index in [0.29, 0.717) is 11.3 Å². The van der Waals surface area contributed by atoms with Gasteiger partial charge in [-0.2, -0.15) is 0 Å². The fourth-order valence-electron chi connectivity index (χ4n) is 6.62. The minimum absolute atomic E-state index is 0.0401. The van der Waals surface area contributed by atoms with Gasteiger partial charge in [0.25, 0.3) is 0 Å². The van der Waals surface area contributed by atoms with Crippen LogP contribution in [-0.2, 0) is 9.47 Å². The maximum absolute atomic E-state index is 9.80. The monoisotopic (exact) mass is 338 g/mol. The van der Waals surface area contributed by atoms with Crippen molar-refractivity contribution >= 4 is 0 Å². The van der Waals surface area contributed by atoms with E-state index in [1.54, 1.807) is 0 Å². The summed E-state index contributed by atoms with van der Waals surface area (Å²) in [6.45, 7) is 10.8.